The van der Waals surface area contributed by atoms with Crippen LogP contribution >= 0.6 is 11.6 Å². The van der Waals surface area contributed by atoms with Gasteiger partial charge in [0.25, 0.3) is 5.91 Å². The first-order valence-corrected chi connectivity index (χ1v) is 10.1. The van der Waals surface area contributed by atoms with Crippen LogP contribution in [0.5, 0.6) is 0 Å². The van der Waals surface area contributed by atoms with E-state index in [1.807, 2.05) is 18.2 Å². The van der Waals surface area contributed by atoms with Crippen LogP contribution in [0, 0.1) is 5.82 Å². The third kappa shape index (κ3) is 5.28. The standard InChI is InChI=1S/C20H17ClFNO3S/c21-17-7-3-1-6-15(17)12-27(25)13-16-9-10-19(26-16)20(24)23-11-14-5-2-4-8-18(14)22/h1-10H,11-13H2,(H,23,24)/t27-/m0/s1. The van der Waals surface area contributed by atoms with Gasteiger partial charge in [0.15, 0.2) is 5.76 Å². The molecule has 0 aliphatic carbocycles. The normalized spacial score (nSPS) is 11.9. The molecule has 1 N–H and O–H groups in total. The number of halogens is 2. The summed E-state index contributed by atoms with van der Waals surface area (Å²) in [4.78, 5) is 12.1. The Morgan fingerprint density at radius 2 is 1.70 bits per heavy atom. The lowest BCUT2D eigenvalue weighted by molar-refractivity contribution is 0.0921. The largest absolute Gasteiger partial charge is 0.455 e. The molecule has 1 atom stereocenters. The van der Waals surface area contributed by atoms with E-state index in [1.165, 1.54) is 12.1 Å². The number of carbonyl (C=O) groups is 1. The summed E-state index contributed by atoms with van der Waals surface area (Å²) < 4.78 is 31.4. The fraction of sp³-hybridized carbons (Fsp3) is 0.150. The first kappa shape index (κ1) is 19.3. The number of amides is 1. The fourth-order valence-electron chi connectivity index (χ4n) is 2.48. The number of rotatable bonds is 7. The van der Waals surface area contributed by atoms with Crippen LogP contribution in [0.2, 0.25) is 5.02 Å². The predicted molar refractivity (Wildman–Crippen MR) is 103 cm³/mol. The summed E-state index contributed by atoms with van der Waals surface area (Å²) >= 11 is 6.08. The molecule has 27 heavy (non-hydrogen) atoms. The molecule has 0 saturated heterocycles. The Balaban J connectivity index is 1.56. The van der Waals surface area contributed by atoms with Crippen molar-refractivity contribution in [3.8, 4) is 0 Å². The minimum absolute atomic E-state index is 0.0555. The highest BCUT2D eigenvalue weighted by Crippen LogP contribution is 2.19. The lowest BCUT2D eigenvalue weighted by Gasteiger charge is -2.05. The monoisotopic (exact) mass is 405 g/mol. The maximum absolute atomic E-state index is 13.6. The van der Waals surface area contributed by atoms with E-state index in [0.717, 1.165) is 5.56 Å². The van der Waals surface area contributed by atoms with Gasteiger partial charge in [-0.25, -0.2) is 4.39 Å². The lowest BCUT2D eigenvalue weighted by Crippen LogP contribution is -2.22. The number of benzene rings is 2. The van der Waals surface area contributed by atoms with Gasteiger partial charge in [-0.1, -0.05) is 48.0 Å². The number of nitrogens with one attached hydrogen (secondary N) is 1. The molecule has 0 saturated carbocycles. The van der Waals surface area contributed by atoms with Gasteiger partial charge in [-0.3, -0.25) is 9.00 Å². The zero-order valence-corrected chi connectivity index (χ0v) is 15.9. The summed E-state index contributed by atoms with van der Waals surface area (Å²) in [6.07, 6.45) is 0. The van der Waals surface area contributed by atoms with Crippen molar-refractivity contribution < 1.29 is 17.8 Å². The summed E-state index contributed by atoms with van der Waals surface area (Å²) in [6.45, 7) is 0.0555. The van der Waals surface area contributed by atoms with Crippen LogP contribution in [0.4, 0.5) is 4.39 Å². The summed E-state index contributed by atoms with van der Waals surface area (Å²) in [5.41, 5.74) is 1.19. The summed E-state index contributed by atoms with van der Waals surface area (Å²) in [7, 11) is -1.23. The molecule has 0 aliphatic heterocycles. The molecule has 0 radical (unpaired) electrons. The van der Waals surface area contributed by atoms with E-state index in [-0.39, 0.29) is 23.9 Å². The van der Waals surface area contributed by atoms with Crippen LogP contribution in [-0.2, 0) is 28.9 Å². The Kier molecular flexibility index (Phi) is 6.42. The predicted octanol–water partition coefficient (Wildman–Crippen LogP) is 4.45. The van der Waals surface area contributed by atoms with Gasteiger partial charge < -0.3 is 9.73 Å². The van der Waals surface area contributed by atoms with Gasteiger partial charge in [0.2, 0.25) is 0 Å². The minimum atomic E-state index is -1.23. The molecular weight excluding hydrogens is 389 g/mol. The van der Waals surface area contributed by atoms with Crippen molar-refractivity contribution in [1.82, 2.24) is 5.32 Å². The van der Waals surface area contributed by atoms with Gasteiger partial charge in [0.05, 0.1) is 11.5 Å². The van der Waals surface area contributed by atoms with Crippen LogP contribution in [0.25, 0.3) is 0 Å². The third-order valence-electron chi connectivity index (χ3n) is 3.86. The minimum Gasteiger partial charge on any atom is -0.455 e. The number of hydrogen-bond donors (Lipinski definition) is 1. The van der Waals surface area contributed by atoms with Gasteiger partial charge >= 0.3 is 0 Å². The van der Waals surface area contributed by atoms with Gasteiger partial charge in [-0.2, -0.15) is 0 Å². The van der Waals surface area contributed by atoms with Crippen LogP contribution in [0.15, 0.2) is 65.1 Å². The van der Waals surface area contributed by atoms with Crippen LogP contribution in [-0.4, -0.2) is 10.1 Å². The van der Waals surface area contributed by atoms with Crippen molar-refractivity contribution in [2.45, 2.75) is 18.1 Å². The highest BCUT2D eigenvalue weighted by molar-refractivity contribution is 7.83. The summed E-state index contributed by atoms with van der Waals surface area (Å²) in [5.74, 6) is 0.169. The Bertz CT molecular complexity index is 973. The number of carbonyl (C=O) groups excluding carboxylic acids is 1. The molecule has 0 aliphatic rings. The van der Waals surface area contributed by atoms with Crippen molar-refractivity contribution in [1.29, 1.82) is 0 Å². The Morgan fingerprint density at radius 1 is 1.00 bits per heavy atom. The van der Waals surface area contributed by atoms with Gasteiger partial charge in [0, 0.05) is 27.9 Å². The maximum atomic E-state index is 13.6. The molecule has 1 aromatic heterocycles. The topological polar surface area (TPSA) is 59.3 Å². The Labute approximate surface area is 163 Å². The van der Waals surface area contributed by atoms with Crippen molar-refractivity contribution in [3.05, 3.63) is 94.2 Å². The van der Waals surface area contributed by atoms with E-state index in [2.05, 4.69) is 5.32 Å². The van der Waals surface area contributed by atoms with E-state index in [1.54, 1.807) is 30.3 Å². The summed E-state index contributed by atoms with van der Waals surface area (Å²) in [5, 5.41) is 3.17. The van der Waals surface area contributed by atoms with Gasteiger partial charge in [-0.05, 0) is 29.8 Å². The molecule has 7 heteroatoms. The Hall–Kier alpha value is -2.44. The zero-order valence-electron chi connectivity index (χ0n) is 14.3. The second kappa shape index (κ2) is 8.97. The van der Waals surface area contributed by atoms with Crippen molar-refractivity contribution in [3.63, 3.8) is 0 Å². The molecule has 140 valence electrons. The van der Waals surface area contributed by atoms with E-state index >= 15 is 0 Å². The quantitative estimate of drug-likeness (QED) is 0.631. The highest BCUT2D eigenvalue weighted by Gasteiger charge is 2.14. The fourth-order valence-corrected chi connectivity index (χ4v) is 3.94. The average Bonchev–Trinajstić information content (AvgIpc) is 3.11. The van der Waals surface area contributed by atoms with E-state index in [9.17, 15) is 13.4 Å². The van der Waals surface area contributed by atoms with Crippen molar-refractivity contribution in [2.24, 2.45) is 0 Å². The van der Waals surface area contributed by atoms with Crippen molar-refractivity contribution in [2.75, 3.05) is 0 Å². The van der Waals surface area contributed by atoms with Crippen molar-refractivity contribution >= 4 is 28.3 Å². The van der Waals surface area contributed by atoms with E-state index in [4.69, 9.17) is 16.0 Å². The average molecular weight is 406 g/mol. The lowest BCUT2D eigenvalue weighted by atomic mass is 10.2. The molecule has 0 unspecified atom stereocenters. The highest BCUT2D eigenvalue weighted by atomic mass is 35.5. The molecule has 0 bridgehead atoms. The molecule has 3 rings (SSSR count). The second-order valence-corrected chi connectivity index (χ2v) is 7.72. The first-order chi connectivity index (χ1) is 13.0. The van der Waals surface area contributed by atoms with E-state index in [0.29, 0.717) is 22.1 Å². The Morgan fingerprint density at radius 3 is 2.44 bits per heavy atom. The van der Waals surface area contributed by atoms with E-state index < -0.39 is 16.7 Å². The zero-order chi connectivity index (χ0) is 19.2. The van der Waals surface area contributed by atoms with Crippen LogP contribution in [0.3, 0.4) is 0 Å². The van der Waals surface area contributed by atoms with Gasteiger partial charge in [0.1, 0.15) is 11.6 Å². The molecule has 2 aromatic carbocycles. The molecule has 1 heterocycles. The van der Waals surface area contributed by atoms with Crippen LogP contribution in [0.1, 0.15) is 27.4 Å². The molecule has 3 aromatic rings. The molecule has 0 fully saturated rings. The SMILES string of the molecule is O=C(NCc1ccccc1F)c1ccc(C[S@@](=O)Cc2ccccc2Cl)o1. The summed E-state index contributed by atoms with van der Waals surface area (Å²) in [6, 6.07) is 16.6. The third-order valence-corrected chi connectivity index (χ3v) is 5.47. The van der Waals surface area contributed by atoms with Crippen LogP contribution < -0.4 is 5.32 Å². The first-order valence-electron chi connectivity index (χ1n) is 8.21. The smallest absolute Gasteiger partial charge is 0.287 e. The molecule has 1 amide bonds. The molecule has 0 spiro atoms. The number of furan rings is 1. The number of hydrogen-bond acceptors (Lipinski definition) is 3. The molecule has 4 nitrogen and oxygen atoms in total. The van der Waals surface area contributed by atoms with Gasteiger partial charge in [-0.15, -0.1) is 0 Å². The second-order valence-electron chi connectivity index (χ2n) is 5.86. The maximum Gasteiger partial charge on any atom is 0.287 e. The molecular formula is C20H17ClFNO3S.